The monoisotopic (exact) mass is 294 g/mol. The minimum Gasteiger partial charge on any atom is -0.481 e. The minimum absolute atomic E-state index is 0.572. The molecule has 0 aliphatic heterocycles. The molecule has 2 N–H and O–H groups in total. The van der Waals surface area contributed by atoms with Gasteiger partial charge in [0.05, 0.1) is 0 Å². The highest BCUT2D eigenvalue weighted by atomic mass is 16.4. The fourth-order valence-electron chi connectivity index (χ4n) is 2.30. The molecule has 1 atom stereocenters. The number of carboxylic acid groups (broad SMARTS) is 1. The van der Waals surface area contributed by atoms with E-state index in [0.29, 0.717) is 0 Å². The number of aliphatic carboxylic acids is 1. The van der Waals surface area contributed by atoms with Crippen LogP contribution in [0.1, 0.15) is 24.2 Å². The summed E-state index contributed by atoms with van der Waals surface area (Å²) in [6.45, 7) is 1.08. The zero-order chi connectivity index (χ0) is 15.9. The lowest BCUT2D eigenvalue weighted by Gasteiger charge is -2.14. The molecule has 0 aromatic heterocycles. The second-order valence-corrected chi connectivity index (χ2v) is 4.90. The van der Waals surface area contributed by atoms with Crippen LogP contribution in [0.2, 0.25) is 0 Å². The molecule has 0 aliphatic carbocycles. The van der Waals surface area contributed by atoms with Crippen molar-refractivity contribution in [2.75, 3.05) is 0 Å². The molecule has 3 heteroatoms. The smallest absolute Gasteiger partial charge is 0.300 e. The van der Waals surface area contributed by atoms with Crippen LogP contribution in [0, 0.1) is 0 Å². The molecule has 0 fully saturated rings. The summed E-state index contributed by atoms with van der Waals surface area (Å²) in [6.07, 6.45) is -0.572. The van der Waals surface area contributed by atoms with Gasteiger partial charge in [-0.2, -0.15) is 0 Å². The van der Waals surface area contributed by atoms with E-state index >= 15 is 0 Å². The Bertz CT molecular complexity index is 741. The van der Waals surface area contributed by atoms with Crippen LogP contribution in [0.4, 0.5) is 0 Å². The molecule has 0 saturated carbocycles. The van der Waals surface area contributed by atoms with Gasteiger partial charge in [-0.3, -0.25) is 4.79 Å². The van der Waals surface area contributed by atoms with Crippen LogP contribution in [-0.4, -0.2) is 16.2 Å². The van der Waals surface area contributed by atoms with Crippen molar-refractivity contribution in [2.24, 2.45) is 0 Å². The van der Waals surface area contributed by atoms with Crippen molar-refractivity contribution in [2.45, 2.75) is 13.0 Å². The Hall–Kier alpha value is -2.65. The Labute approximate surface area is 129 Å². The average molecular weight is 294 g/mol. The van der Waals surface area contributed by atoms with Crippen molar-refractivity contribution in [3.8, 4) is 0 Å². The maximum atomic E-state index is 10.5. The summed E-state index contributed by atoms with van der Waals surface area (Å²) in [7, 11) is 0. The fourth-order valence-corrected chi connectivity index (χ4v) is 2.30. The number of aliphatic hydroxyl groups is 1. The minimum atomic E-state index is -0.833. The third-order valence-electron chi connectivity index (χ3n) is 3.23. The molecule has 3 nitrogen and oxygen atoms in total. The average Bonchev–Trinajstić information content (AvgIpc) is 2.54. The number of aliphatic hydroxyl groups excluding tert-OH is 1. The summed E-state index contributed by atoms with van der Waals surface area (Å²) in [6, 6.07) is 23.9. The van der Waals surface area contributed by atoms with E-state index < -0.39 is 12.1 Å². The predicted octanol–water partition coefficient (Wildman–Crippen LogP) is 4.01. The predicted molar refractivity (Wildman–Crippen MR) is 87.8 cm³/mol. The molecule has 1 unspecified atom stereocenters. The van der Waals surface area contributed by atoms with Crippen LogP contribution < -0.4 is 0 Å². The zero-order valence-electron chi connectivity index (χ0n) is 12.3. The third kappa shape index (κ3) is 3.93. The molecule has 22 heavy (non-hydrogen) atoms. The number of fused-ring (bicyclic) bond motifs is 1. The SMILES string of the molecule is CC(=O)O.OC(c1ccccc1)c1cccc2ccccc12. The van der Waals surface area contributed by atoms with Crippen molar-refractivity contribution in [3.63, 3.8) is 0 Å². The topological polar surface area (TPSA) is 57.5 Å². The van der Waals surface area contributed by atoms with Crippen molar-refractivity contribution in [1.82, 2.24) is 0 Å². The Morgan fingerprint density at radius 1 is 0.864 bits per heavy atom. The van der Waals surface area contributed by atoms with Gasteiger partial charge in [0, 0.05) is 6.92 Å². The first-order valence-electron chi connectivity index (χ1n) is 7.00. The second-order valence-electron chi connectivity index (χ2n) is 4.90. The van der Waals surface area contributed by atoms with E-state index in [1.165, 1.54) is 0 Å². The standard InChI is InChI=1S/C17H14O.C2H4O2/c18-17(14-8-2-1-3-9-14)16-12-6-10-13-7-4-5-11-15(13)16;1-2(3)4/h1-12,17-18H;1H3,(H,3,4). The molecule has 0 bridgehead atoms. The molecule has 112 valence electrons. The molecule has 0 spiro atoms. The molecule has 3 aromatic rings. The summed E-state index contributed by atoms with van der Waals surface area (Å²) < 4.78 is 0. The van der Waals surface area contributed by atoms with E-state index in [0.717, 1.165) is 28.8 Å². The number of benzene rings is 3. The van der Waals surface area contributed by atoms with Crippen molar-refractivity contribution >= 4 is 16.7 Å². The second kappa shape index (κ2) is 7.38. The van der Waals surface area contributed by atoms with Gasteiger partial charge in [-0.25, -0.2) is 0 Å². The number of rotatable bonds is 2. The van der Waals surface area contributed by atoms with E-state index in [1.807, 2.05) is 54.6 Å². The van der Waals surface area contributed by atoms with Crippen molar-refractivity contribution in [1.29, 1.82) is 0 Å². The van der Waals surface area contributed by atoms with Crippen LogP contribution in [0.15, 0.2) is 72.8 Å². The highest BCUT2D eigenvalue weighted by Gasteiger charge is 2.12. The molecule has 0 aliphatic rings. The van der Waals surface area contributed by atoms with Gasteiger partial charge in [-0.15, -0.1) is 0 Å². The van der Waals surface area contributed by atoms with Gasteiger partial charge in [0.15, 0.2) is 0 Å². The summed E-state index contributed by atoms with van der Waals surface area (Å²) in [5.41, 5.74) is 1.88. The Morgan fingerprint density at radius 2 is 1.41 bits per heavy atom. The van der Waals surface area contributed by atoms with Gasteiger partial charge in [0.1, 0.15) is 6.10 Å². The maximum absolute atomic E-state index is 10.5. The molecular weight excluding hydrogens is 276 g/mol. The van der Waals surface area contributed by atoms with Gasteiger partial charge in [-0.05, 0) is 21.9 Å². The lowest BCUT2D eigenvalue weighted by molar-refractivity contribution is -0.134. The summed E-state index contributed by atoms with van der Waals surface area (Å²) >= 11 is 0. The highest BCUT2D eigenvalue weighted by molar-refractivity contribution is 5.86. The third-order valence-corrected chi connectivity index (χ3v) is 3.23. The number of carboxylic acids is 1. The van der Waals surface area contributed by atoms with Gasteiger partial charge >= 0.3 is 0 Å². The normalized spacial score (nSPS) is 11.4. The van der Waals surface area contributed by atoms with Crippen LogP contribution in [0.3, 0.4) is 0 Å². The Balaban J connectivity index is 0.000000396. The highest BCUT2D eigenvalue weighted by Crippen LogP contribution is 2.28. The molecule has 0 amide bonds. The fraction of sp³-hybridized carbons (Fsp3) is 0.105. The van der Waals surface area contributed by atoms with Crippen LogP contribution in [-0.2, 0) is 4.79 Å². The van der Waals surface area contributed by atoms with Crippen LogP contribution >= 0.6 is 0 Å². The van der Waals surface area contributed by atoms with Gasteiger partial charge < -0.3 is 10.2 Å². The zero-order valence-corrected chi connectivity index (χ0v) is 12.3. The number of carbonyl (C=O) groups is 1. The van der Waals surface area contributed by atoms with Crippen LogP contribution in [0.5, 0.6) is 0 Å². The summed E-state index contributed by atoms with van der Waals surface area (Å²) in [5, 5.41) is 20.2. The summed E-state index contributed by atoms with van der Waals surface area (Å²) in [5.74, 6) is -0.833. The summed E-state index contributed by atoms with van der Waals surface area (Å²) in [4.78, 5) is 9.00. The molecule has 3 aromatic carbocycles. The first kappa shape index (κ1) is 15.7. The van der Waals surface area contributed by atoms with Gasteiger partial charge in [0.2, 0.25) is 0 Å². The lowest BCUT2D eigenvalue weighted by Crippen LogP contribution is -1.99. The van der Waals surface area contributed by atoms with Gasteiger partial charge in [0.25, 0.3) is 5.97 Å². The largest absolute Gasteiger partial charge is 0.481 e. The first-order valence-corrected chi connectivity index (χ1v) is 7.00. The Morgan fingerprint density at radius 3 is 2.09 bits per heavy atom. The molecule has 3 rings (SSSR count). The van der Waals surface area contributed by atoms with Crippen molar-refractivity contribution < 1.29 is 15.0 Å². The molecule has 0 heterocycles. The van der Waals surface area contributed by atoms with Crippen LogP contribution in [0.25, 0.3) is 10.8 Å². The van der Waals surface area contributed by atoms with E-state index in [1.54, 1.807) is 0 Å². The van der Waals surface area contributed by atoms with E-state index in [-0.39, 0.29) is 0 Å². The quantitative estimate of drug-likeness (QED) is 0.750. The van der Waals surface area contributed by atoms with E-state index in [4.69, 9.17) is 9.90 Å². The number of hydrogen-bond donors (Lipinski definition) is 2. The van der Waals surface area contributed by atoms with Gasteiger partial charge in [-0.1, -0.05) is 72.8 Å². The van der Waals surface area contributed by atoms with E-state index in [2.05, 4.69) is 18.2 Å². The Kier molecular flexibility index (Phi) is 5.28. The lowest BCUT2D eigenvalue weighted by atomic mass is 9.96. The van der Waals surface area contributed by atoms with E-state index in [9.17, 15) is 5.11 Å². The molecular formula is C19H18O3. The maximum Gasteiger partial charge on any atom is 0.300 e. The molecule has 0 saturated heterocycles. The number of hydrogen-bond acceptors (Lipinski definition) is 2. The van der Waals surface area contributed by atoms with Crippen molar-refractivity contribution in [3.05, 3.63) is 83.9 Å². The first-order chi connectivity index (χ1) is 10.6. The molecule has 0 radical (unpaired) electrons.